The average molecular weight is 350 g/mol. The Morgan fingerprint density at radius 2 is 1.73 bits per heavy atom. The summed E-state index contributed by atoms with van der Waals surface area (Å²) in [7, 11) is 1.56. The highest BCUT2D eigenvalue weighted by atomic mass is 16.7. The van der Waals surface area contributed by atoms with Crippen LogP contribution in [0.4, 0.5) is 5.69 Å². The molecule has 0 unspecified atom stereocenters. The molecule has 1 amide bonds. The predicted octanol–water partition coefficient (Wildman–Crippen LogP) is 2.74. The van der Waals surface area contributed by atoms with Gasteiger partial charge in [0.15, 0.2) is 0 Å². The third-order valence-corrected chi connectivity index (χ3v) is 3.72. The van der Waals surface area contributed by atoms with Gasteiger partial charge in [-0.2, -0.15) is 4.73 Å². The smallest absolute Gasteiger partial charge is 0.295 e. The molecule has 0 radical (unpaired) electrons. The zero-order valence-corrected chi connectivity index (χ0v) is 14.2. The number of amides is 1. The summed E-state index contributed by atoms with van der Waals surface area (Å²) in [5.74, 6) is 0.178. The highest BCUT2D eigenvalue weighted by Gasteiger charge is 2.13. The summed E-state index contributed by atoms with van der Waals surface area (Å²) in [4.78, 5) is 30.4. The fraction of sp³-hybridized carbons (Fsp3) is 0.100. The van der Waals surface area contributed by atoms with Gasteiger partial charge in [-0.3, -0.25) is 9.59 Å². The first-order valence-electron chi connectivity index (χ1n) is 8.01. The SMILES string of the molecule is COc1ccc(NC(=O)c2cccn(OCc3ccccc3)c2=O)cc1. The molecular formula is C20H18N2O4. The van der Waals surface area contributed by atoms with Crippen molar-refractivity contribution in [2.45, 2.75) is 6.61 Å². The van der Waals surface area contributed by atoms with Gasteiger partial charge in [-0.15, -0.1) is 0 Å². The zero-order valence-electron chi connectivity index (χ0n) is 14.2. The summed E-state index contributed by atoms with van der Waals surface area (Å²) in [6.45, 7) is 0.226. The monoisotopic (exact) mass is 350 g/mol. The molecule has 0 bridgehead atoms. The molecule has 0 aliphatic rings. The fourth-order valence-electron chi connectivity index (χ4n) is 2.34. The molecule has 0 aliphatic heterocycles. The number of pyridine rings is 1. The number of carbonyl (C=O) groups excluding carboxylic acids is 1. The topological polar surface area (TPSA) is 69.6 Å². The summed E-state index contributed by atoms with van der Waals surface area (Å²) in [5, 5.41) is 2.69. The normalized spacial score (nSPS) is 10.2. The number of nitrogens with one attached hydrogen (secondary N) is 1. The maximum atomic E-state index is 12.5. The number of nitrogens with zero attached hydrogens (tertiary/aromatic N) is 1. The van der Waals surface area contributed by atoms with E-state index in [2.05, 4.69) is 5.32 Å². The number of benzene rings is 2. The first-order valence-corrected chi connectivity index (χ1v) is 8.01. The van der Waals surface area contributed by atoms with Gasteiger partial charge in [0.05, 0.1) is 7.11 Å². The minimum Gasteiger partial charge on any atom is -0.497 e. The van der Waals surface area contributed by atoms with Crippen LogP contribution in [0.15, 0.2) is 77.7 Å². The van der Waals surface area contributed by atoms with Crippen LogP contribution in [0, 0.1) is 0 Å². The van der Waals surface area contributed by atoms with Crippen LogP contribution in [0.2, 0.25) is 0 Å². The van der Waals surface area contributed by atoms with Gasteiger partial charge in [0.2, 0.25) is 0 Å². The highest BCUT2D eigenvalue weighted by molar-refractivity contribution is 6.03. The second-order valence-corrected chi connectivity index (χ2v) is 5.49. The Bertz CT molecular complexity index is 934. The van der Waals surface area contributed by atoms with Crippen LogP contribution >= 0.6 is 0 Å². The van der Waals surface area contributed by atoms with Crippen molar-refractivity contribution in [3.05, 3.63) is 94.4 Å². The minimum absolute atomic E-state index is 0.00335. The van der Waals surface area contributed by atoms with Crippen molar-refractivity contribution in [2.24, 2.45) is 0 Å². The summed E-state index contributed by atoms with van der Waals surface area (Å²) in [6, 6.07) is 19.4. The summed E-state index contributed by atoms with van der Waals surface area (Å²) in [6.07, 6.45) is 1.48. The van der Waals surface area contributed by atoms with Crippen molar-refractivity contribution < 1.29 is 14.4 Å². The van der Waals surface area contributed by atoms with E-state index in [0.717, 1.165) is 10.3 Å². The quantitative estimate of drug-likeness (QED) is 0.742. The minimum atomic E-state index is -0.519. The van der Waals surface area contributed by atoms with Gasteiger partial charge in [0.1, 0.15) is 17.9 Å². The van der Waals surface area contributed by atoms with Crippen LogP contribution in [0.5, 0.6) is 5.75 Å². The molecular weight excluding hydrogens is 332 g/mol. The van der Waals surface area contributed by atoms with E-state index in [-0.39, 0.29) is 12.2 Å². The number of aromatic nitrogens is 1. The standard InChI is InChI=1S/C20H18N2O4/c1-25-17-11-9-16(10-12-17)21-19(23)18-8-5-13-22(20(18)24)26-14-15-6-3-2-4-7-15/h2-13H,14H2,1H3,(H,21,23). The van der Waals surface area contributed by atoms with E-state index in [1.54, 1.807) is 37.4 Å². The zero-order chi connectivity index (χ0) is 18.4. The largest absolute Gasteiger partial charge is 0.497 e. The molecule has 132 valence electrons. The van der Waals surface area contributed by atoms with Gasteiger partial charge in [-0.25, -0.2) is 0 Å². The van der Waals surface area contributed by atoms with Crippen LogP contribution in [0.1, 0.15) is 15.9 Å². The van der Waals surface area contributed by atoms with Crippen LogP contribution in [-0.4, -0.2) is 17.7 Å². The van der Waals surface area contributed by atoms with E-state index in [1.807, 2.05) is 30.3 Å². The van der Waals surface area contributed by atoms with Crippen molar-refractivity contribution in [1.82, 2.24) is 4.73 Å². The molecule has 1 N–H and O–H groups in total. The van der Waals surface area contributed by atoms with Crippen LogP contribution in [0.3, 0.4) is 0 Å². The van der Waals surface area contributed by atoms with Crippen molar-refractivity contribution in [1.29, 1.82) is 0 Å². The molecule has 26 heavy (non-hydrogen) atoms. The van der Waals surface area contributed by atoms with Gasteiger partial charge in [-0.1, -0.05) is 30.3 Å². The van der Waals surface area contributed by atoms with Gasteiger partial charge in [0, 0.05) is 11.9 Å². The molecule has 0 saturated heterocycles. The second-order valence-electron chi connectivity index (χ2n) is 5.49. The number of anilines is 1. The van der Waals surface area contributed by atoms with Crippen molar-refractivity contribution in [2.75, 3.05) is 12.4 Å². The Morgan fingerprint density at radius 3 is 2.42 bits per heavy atom. The Labute approximate surface area is 150 Å². The lowest BCUT2D eigenvalue weighted by molar-refractivity contribution is 0.0863. The average Bonchev–Trinajstić information content (AvgIpc) is 2.68. The molecule has 0 aliphatic carbocycles. The first-order chi connectivity index (χ1) is 12.7. The third-order valence-electron chi connectivity index (χ3n) is 3.72. The number of ether oxygens (including phenoxy) is 1. The number of hydrogen-bond acceptors (Lipinski definition) is 4. The molecule has 2 aromatic carbocycles. The van der Waals surface area contributed by atoms with Gasteiger partial charge in [0.25, 0.3) is 11.5 Å². The number of hydrogen-bond donors (Lipinski definition) is 1. The molecule has 0 fully saturated rings. The van der Waals surface area contributed by atoms with Crippen molar-refractivity contribution in [3.8, 4) is 5.75 Å². The van der Waals surface area contributed by atoms with E-state index < -0.39 is 11.5 Å². The lowest BCUT2D eigenvalue weighted by Gasteiger charge is -2.10. The Morgan fingerprint density at radius 1 is 1.00 bits per heavy atom. The molecule has 6 nitrogen and oxygen atoms in total. The summed E-state index contributed by atoms with van der Waals surface area (Å²) >= 11 is 0. The summed E-state index contributed by atoms with van der Waals surface area (Å²) in [5.41, 5.74) is 0.967. The lowest BCUT2D eigenvalue weighted by atomic mass is 10.2. The number of rotatable bonds is 6. The lowest BCUT2D eigenvalue weighted by Crippen LogP contribution is -2.32. The van der Waals surface area contributed by atoms with E-state index in [9.17, 15) is 9.59 Å². The maximum Gasteiger partial charge on any atom is 0.295 e. The molecule has 3 rings (SSSR count). The number of methoxy groups -OCH3 is 1. The molecule has 0 spiro atoms. The molecule has 0 saturated carbocycles. The Kier molecular flexibility index (Phi) is 5.34. The Balaban J connectivity index is 1.73. The molecule has 3 aromatic rings. The van der Waals surface area contributed by atoms with Crippen LogP contribution in [-0.2, 0) is 6.61 Å². The van der Waals surface area contributed by atoms with Gasteiger partial charge in [-0.05, 0) is 42.0 Å². The van der Waals surface area contributed by atoms with Crippen LogP contribution in [0.25, 0.3) is 0 Å². The molecule has 1 aromatic heterocycles. The van der Waals surface area contributed by atoms with Crippen LogP contribution < -0.4 is 20.5 Å². The first kappa shape index (κ1) is 17.3. The summed E-state index contributed by atoms with van der Waals surface area (Å²) < 4.78 is 6.14. The van der Waals surface area contributed by atoms with Gasteiger partial charge < -0.3 is 14.9 Å². The Hall–Kier alpha value is -3.54. The van der Waals surface area contributed by atoms with E-state index in [1.165, 1.54) is 12.3 Å². The molecule has 1 heterocycles. The van der Waals surface area contributed by atoms with Gasteiger partial charge >= 0.3 is 0 Å². The molecule has 6 heteroatoms. The van der Waals surface area contributed by atoms with E-state index >= 15 is 0 Å². The van der Waals surface area contributed by atoms with E-state index in [4.69, 9.17) is 9.57 Å². The third kappa shape index (κ3) is 4.10. The second kappa shape index (κ2) is 8.02. The number of carbonyl (C=O) groups is 1. The van der Waals surface area contributed by atoms with Crippen molar-refractivity contribution >= 4 is 11.6 Å². The fourth-order valence-corrected chi connectivity index (χ4v) is 2.34. The van der Waals surface area contributed by atoms with Crippen molar-refractivity contribution in [3.63, 3.8) is 0 Å². The molecule has 0 atom stereocenters. The highest BCUT2D eigenvalue weighted by Crippen LogP contribution is 2.15. The predicted molar refractivity (Wildman–Crippen MR) is 98.4 cm³/mol. The maximum absolute atomic E-state index is 12.5. The van der Waals surface area contributed by atoms with E-state index in [0.29, 0.717) is 11.4 Å².